The van der Waals surface area contributed by atoms with E-state index in [4.69, 9.17) is 9.84 Å². The number of urea groups is 1. The molecule has 0 bridgehead atoms. The average molecular weight is 610 g/mol. The zero-order chi connectivity index (χ0) is 28.2. The lowest BCUT2D eigenvalue weighted by Crippen LogP contribution is -2.42. The predicted molar refractivity (Wildman–Crippen MR) is 165 cm³/mol. The summed E-state index contributed by atoms with van der Waals surface area (Å²) >= 11 is 3.73. The summed E-state index contributed by atoms with van der Waals surface area (Å²) < 4.78 is 7.99. The van der Waals surface area contributed by atoms with Gasteiger partial charge in [0.15, 0.2) is 5.82 Å². The fourth-order valence-electron chi connectivity index (χ4n) is 5.32. The van der Waals surface area contributed by atoms with Crippen LogP contribution in [0.25, 0.3) is 16.9 Å². The minimum atomic E-state index is -0.312. The number of halogens is 1. The number of nitrogens with zero attached hydrogens (tertiary/aromatic N) is 4. The molecule has 3 heterocycles. The molecule has 2 N–H and O–H groups in total. The fourth-order valence-corrected chi connectivity index (χ4v) is 5.90. The molecule has 0 spiro atoms. The van der Waals surface area contributed by atoms with Crippen molar-refractivity contribution in [3.63, 3.8) is 0 Å². The third kappa shape index (κ3) is 5.53. The van der Waals surface area contributed by atoms with Crippen LogP contribution in [0, 0.1) is 0 Å². The Balaban J connectivity index is 1.30. The molecule has 2 atom stereocenters. The second-order valence-electron chi connectivity index (χ2n) is 9.78. The molecule has 6 rings (SSSR count). The number of hydrogen-bond acceptors (Lipinski definition) is 5. The van der Waals surface area contributed by atoms with Crippen molar-refractivity contribution in [3.8, 4) is 22.8 Å². The highest BCUT2D eigenvalue weighted by Crippen LogP contribution is 2.37. The van der Waals surface area contributed by atoms with Gasteiger partial charge in [-0.05, 0) is 45.8 Å². The van der Waals surface area contributed by atoms with Gasteiger partial charge < -0.3 is 15.0 Å². The first kappa shape index (κ1) is 26.6. The molecule has 1 saturated heterocycles. The molecule has 1 aliphatic heterocycles. The lowest BCUT2D eigenvalue weighted by Gasteiger charge is -2.21. The van der Waals surface area contributed by atoms with Crippen molar-refractivity contribution in [2.45, 2.75) is 12.0 Å². The first-order valence-corrected chi connectivity index (χ1v) is 14.2. The molecule has 8 nitrogen and oxygen atoms in total. The number of nitrogens with one attached hydrogen (secondary N) is 2. The molecular formula is C32H29BrN6O2. The van der Waals surface area contributed by atoms with E-state index in [1.54, 1.807) is 18.0 Å². The summed E-state index contributed by atoms with van der Waals surface area (Å²) in [5.41, 5.74) is 4.58. The number of benzene rings is 3. The van der Waals surface area contributed by atoms with E-state index in [1.165, 1.54) is 0 Å². The Morgan fingerprint density at radius 1 is 0.902 bits per heavy atom. The van der Waals surface area contributed by atoms with Gasteiger partial charge in [0.2, 0.25) is 5.88 Å². The van der Waals surface area contributed by atoms with Gasteiger partial charge in [0.05, 0.1) is 29.0 Å². The lowest BCUT2D eigenvalue weighted by atomic mass is 9.94. The van der Waals surface area contributed by atoms with Crippen LogP contribution in [0.15, 0.2) is 114 Å². The second kappa shape index (κ2) is 11.9. The Morgan fingerprint density at radius 3 is 2.29 bits per heavy atom. The van der Waals surface area contributed by atoms with Crippen LogP contribution < -0.4 is 20.3 Å². The number of amides is 2. The number of pyridine rings is 1. The summed E-state index contributed by atoms with van der Waals surface area (Å²) in [5, 5.41) is 11.2. The Kier molecular flexibility index (Phi) is 7.69. The van der Waals surface area contributed by atoms with Crippen molar-refractivity contribution in [2.24, 2.45) is 0 Å². The number of anilines is 2. The van der Waals surface area contributed by atoms with Crippen LogP contribution in [-0.2, 0) is 0 Å². The van der Waals surface area contributed by atoms with Crippen LogP contribution in [0.1, 0.15) is 11.5 Å². The highest BCUT2D eigenvalue weighted by molar-refractivity contribution is 9.10. The van der Waals surface area contributed by atoms with Gasteiger partial charge in [0.1, 0.15) is 5.69 Å². The number of rotatable bonds is 7. The second-order valence-corrected chi connectivity index (χ2v) is 10.6. The summed E-state index contributed by atoms with van der Waals surface area (Å²) in [6.45, 7) is 1.31. The molecule has 5 aromatic rings. The number of hydrogen-bond donors (Lipinski definition) is 2. The van der Waals surface area contributed by atoms with E-state index in [0.29, 0.717) is 29.3 Å². The highest BCUT2D eigenvalue weighted by Gasteiger charge is 2.36. The van der Waals surface area contributed by atoms with Crippen LogP contribution in [0.5, 0.6) is 5.88 Å². The molecule has 0 radical (unpaired) electrons. The molecule has 2 aromatic heterocycles. The maximum Gasteiger partial charge on any atom is 0.320 e. The van der Waals surface area contributed by atoms with Crippen LogP contribution >= 0.6 is 15.9 Å². The van der Waals surface area contributed by atoms with Gasteiger partial charge in [0.25, 0.3) is 0 Å². The smallest absolute Gasteiger partial charge is 0.320 e. The normalized spacial score (nSPS) is 16.4. The highest BCUT2D eigenvalue weighted by atomic mass is 79.9. The molecular weight excluding hydrogens is 580 g/mol. The van der Waals surface area contributed by atoms with E-state index in [2.05, 4.69) is 48.6 Å². The van der Waals surface area contributed by atoms with Gasteiger partial charge in [-0.3, -0.25) is 5.32 Å². The summed E-state index contributed by atoms with van der Waals surface area (Å²) in [4.78, 5) is 20.2. The SMILES string of the molecule is COc1ncccc1N1C[C@@H](NC(=O)Nc2c(Br)c(-c3ccccc3)nn2-c2ccccc2)[C@H](c2ccccc2)C1. The van der Waals surface area contributed by atoms with E-state index >= 15 is 0 Å². The van der Waals surface area contributed by atoms with E-state index < -0.39 is 0 Å². The van der Waals surface area contributed by atoms with Crippen molar-refractivity contribution in [3.05, 3.63) is 119 Å². The van der Waals surface area contributed by atoms with Gasteiger partial charge in [-0.25, -0.2) is 14.5 Å². The number of carbonyl (C=O) groups excluding carboxylic acids is 1. The summed E-state index contributed by atoms with van der Waals surface area (Å²) in [7, 11) is 1.62. The van der Waals surface area contributed by atoms with Crippen molar-refractivity contribution >= 4 is 33.5 Å². The number of ether oxygens (including phenoxy) is 1. The Labute approximate surface area is 247 Å². The van der Waals surface area contributed by atoms with Crippen molar-refractivity contribution < 1.29 is 9.53 Å². The Hall–Kier alpha value is -4.63. The van der Waals surface area contributed by atoms with Crippen LogP contribution in [0.3, 0.4) is 0 Å². The van der Waals surface area contributed by atoms with E-state index in [-0.39, 0.29) is 18.0 Å². The third-order valence-electron chi connectivity index (χ3n) is 7.26. The quantitative estimate of drug-likeness (QED) is 0.220. The topological polar surface area (TPSA) is 84.3 Å². The van der Waals surface area contributed by atoms with Crippen molar-refractivity contribution in [2.75, 3.05) is 30.4 Å². The standard InChI is InChI=1S/C32H29BrN6O2/c1-41-31-27(18-11-19-34-31)38-20-25(22-12-5-2-6-13-22)26(21-38)35-32(40)36-30-28(33)29(23-14-7-3-8-15-23)37-39(30)24-16-9-4-10-17-24/h2-19,25-26H,20-21H2,1H3,(H2,35,36,40)/t25-,26+/m0/s1. The van der Waals surface area contributed by atoms with Crippen LogP contribution in [0.2, 0.25) is 0 Å². The van der Waals surface area contributed by atoms with Crippen molar-refractivity contribution in [1.29, 1.82) is 0 Å². The Morgan fingerprint density at radius 2 is 1.59 bits per heavy atom. The molecule has 0 aliphatic carbocycles. The molecule has 2 amide bonds. The summed E-state index contributed by atoms with van der Waals surface area (Å²) in [5.74, 6) is 1.18. The maximum absolute atomic E-state index is 13.7. The van der Waals surface area contributed by atoms with Gasteiger partial charge in [-0.1, -0.05) is 78.9 Å². The van der Waals surface area contributed by atoms with E-state index in [1.807, 2.05) is 91.0 Å². The predicted octanol–water partition coefficient (Wildman–Crippen LogP) is 6.50. The van der Waals surface area contributed by atoms with Gasteiger partial charge in [-0.2, -0.15) is 5.10 Å². The molecule has 1 aliphatic rings. The average Bonchev–Trinajstić information content (AvgIpc) is 3.59. The zero-order valence-corrected chi connectivity index (χ0v) is 24.0. The van der Waals surface area contributed by atoms with E-state index in [9.17, 15) is 4.79 Å². The molecule has 3 aromatic carbocycles. The minimum Gasteiger partial charge on any atom is -0.480 e. The Bertz CT molecular complexity index is 1630. The first-order valence-electron chi connectivity index (χ1n) is 13.4. The number of aromatic nitrogens is 3. The number of methoxy groups -OCH3 is 1. The fraction of sp³-hybridized carbons (Fsp3) is 0.156. The van der Waals surface area contributed by atoms with Crippen LogP contribution in [-0.4, -0.2) is 47.0 Å². The lowest BCUT2D eigenvalue weighted by molar-refractivity contribution is 0.248. The summed E-state index contributed by atoms with van der Waals surface area (Å²) in [6, 6.07) is 33.3. The zero-order valence-electron chi connectivity index (χ0n) is 22.4. The summed E-state index contributed by atoms with van der Waals surface area (Å²) in [6.07, 6.45) is 1.72. The van der Waals surface area contributed by atoms with Gasteiger partial charge >= 0.3 is 6.03 Å². The minimum absolute atomic E-state index is 0.0641. The molecule has 0 saturated carbocycles. The molecule has 9 heteroatoms. The van der Waals surface area contributed by atoms with Crippen molar-refractivity contribution in [1.82, 2.24) is 20.1 Å². The number of para-hydroxylation sites is 1. The molecule has 1 fully saturated rings. The number of carbonyl (C=O) groups is 1. The monoisotopic (exact) mass is 608 g/mol. The largest absolute Gasteiger partial charge is 0.480 e. The molecule has 41 heavy (non-hydrogen) atoms. The molecule has 0 unspecified atom stereocenters. The van der Waals surface area contributed by atoms with Gasteiger partial charge in [0, 0.05) is 30.8 Å². The maximum atomic E-state index is 13.7. The van der Waals surface area contributed by atoms with Gasteiger partial charge in [-0.15, -0.1) is 0 Å². The van der Waals surface area contributed by atoms with Crippen LogP contribution in [0.4, 0.5) is 16.3 Å². The van der Waals surface area contributed by atoms with E-state index in [0.717, 1.165) is 28.2 Å². The molecule has 206 valence electrons. The third-order valence-corrected chi connectivity index (χ3v) is 8.01. The first-order chi connectivity index (χ1) is 20.1.